The topological polar surface area (TPSA) is 102 Å². The van der Waals surface area contributed by atoms with Crippen LogP contribution < -0.4 is 5.32 Å². The van der Waals surface area contributed by atoms with Gasteiger partial charge in [0.05, 0.1) is 0 Å². The molecule has 0 aliphatic carbocycles. The lowest BCUT2D eigenvalue weighted by Gasteiger charge is -2.31. The number of carbonyl (C=O) groups is 2. The average molecular weight is 529 g/mol. The summed E-state index contributed by atoms with van der Waals surface area (Å²) < 4.78 is 32.4. The number of carbonyl (C=O) groups excluding carboxylic acids is 2. The van der Waals surface area contributed by atoms with Gasteiger partial charge in [-0.2, -0.15) is 4.80 Å². The minimum atomic E-state index is -0.989. The largest absolute Gasteiger partial charge is 0.382 e. The van der Waals surface area contributed by atoms with E-state index < -0.39 is 23.6 Å². The first-order valence-corrected chi connectivity index (χ1v) is 12.7. The third-order valence-corrected chi connectivity index (χ3v) is 5.81. The number of nitrogens with one attached hydrogen (secondary N) is 1. The maximum atomic E-state index is 13.7. The molecule has 0 unspecified atom stereocenters. The van der Waals surface area contributed by atoms with Gasteiger partial charge in [-0.1, -0.05) is 26.0 Å². The van der Waals surface area contributed by atoms with Crippen LogP contribution in [0.25, 0.3) is 11.4 Å². The number of hydrogen-bond acceptors (Lipinski definition) is 6. The van der Waals surface area contributed by atoms with Gasteiger partial charge in [0.25, 0.3) is 0 Å². The Kier molecular flexibility index (Phi) is 10.8. The molecule has 0 bridgehead atoms. The SMILES string of the molecule is CCOCCCN(C(=O)Cn1nnc(-c2ccc(F)cc2)n1)[C@@H](C(=O)NCCC(C)C)c1ccc(F)cc1. The highest BCUT2D eigenvalue weighted by atomic mass is 19.1. The summed E-state index contributed by atoms with van der Waals surface area (Å²) in [7, 11) is 0. The fourth-order valence-corrected chi connectivity index (χ4v) is 3.81. The third-order valence-electron chi connectivity index (χ3n) is 5.81. The van der Waals surface area contributed by atoms with E-state index in [2.05, 4.69) is 34.6 Å². The highest BCUT2D eigenvalue weighted by molar-refractivity contribution is 5.88. The molecular weight excluding hydrogens is 494 g/mol. The number of tetrazole rings is 1. The van der Waals surface area contributed by atoms with Gasteiger partial charge in [0, 0.05) is 31.9 Å². The number of halogens is 2. The maximum Gasteiger partial charge on any atom is 0.247 e. The molecule has 0 saturated heterocycles. The van der Waals surface area contributed by atoms with E-state index in [1.807, 2.05) is 6.92 Å². The average Bonchev–Trinajstić information content (AvgIpc) is 3.35. The minimum Gasteiger partial charge on any atom is -0.382 e. The molecule has 0 aliphatic rings. The number of benzene rings is 2. The highest BCUT2D eigenvalue weighted by Gasteiger charge is 2.31. The van der Waals surface area contributed by atoms with Crippen LogP contribution in [0.2, 0.25) is 0 Å². The second-order valence-corrected chi connectivity index (χ2v) is 9.22. The Balaban J connectivity index is 1.86. The van der Waals surface area contributed by atoms with E-state index in [0.29, 0.717) is 43.2 Å². The molecule has 1 aromatic heterocycles. The smallest absolute Gasteiger partial charge is 0.247 e. The molecular formula is C27H34F2N6O3. The summed E-state index contributed by atoms with van der Waals surface area (Å²) >= 11 is 0. The van der Waals surface area contributed by atoms with Gasteiger partial charge in [-0.05, 0) is 72.9 Å². The van der Waals surface area contributed by atoms with Crippen LogP contribution in [0.4, 0.5) is 8.78 Å². The van der Waals surface area contributed by atoms with Crippen molar-refractivity contribution >= 4 is 11.8 Å². The molecule has 1 atom stereocenters. The van der Waals surface area contributed by atoms with E-state index >= 15 is 0 Å². The third kappa shape index (κ3) is 8.41. The van der Waals surface area contributed by atoms with Gasteiger partial charge >= 0.3 is 0 Å². The van der Waals surface area contributed by atoms with Crippen LogP contribution in [0.1, 0.15) is 45.2 Å². The zero-order chi connectivity index (χ0) is 27.5. The normalized spacial score (nSPS) is 11.9. The summed E-state index contributed by atoms with van der Waals surface area (Å²) in [6.07, 6.45) is 1.26. The van der Waals surface area contributed by atoms with Gasteiger partial charge in [0.2, 0.25) is 17.6 Å². The lowest BCUT2D eigenvalue weighted by Crippen LogP contribution is -2.46. The van der Waals surface area contributed by atoms with Crippen LogP contribution in [0, 0.1) is 17.6 Å². The quantitative estimate of drug-likeness (QED) is 0.320. The van der Waals surface area contributed by atoms with Gasteiger partial charge in [0.1, 0.15) is 24.2 Å². The molecule has 11 heteroatoms. The summed E-state index contributed by atoms with van der Waals surface area (Å²) in [6.45, 7) is 7.30. The van der Waals surface area contributed by atoms with Gasteiger partial charge in [-0.25, -0.2) is 8.78 Å². The molecule has 38 heavy (non-hydrogen) atoms. The number of amides is 2. The predicted octanol–water partition coefficient (Wildman–Crippen LogP) is 3.78. The Morgan fingerprint density at radius 3 is 2.34 bits per heavy atom. The number of rotatable bonds is 14. The Bertz CT molecular complexity index is 1170. The van der Waals surface area contributed by atoms with Crippen molar-refractivity contribution in [3.8, 4) is 11.4 Å². The Morgan fingerprint density at radius 2 is 1.71 bits per heavy atom. The molecule has 3 rings (SSSR count). The maximum absolute atomic E-state index is 13.7. The lowest BCUT2D eigenvalue weighted by atomic mass is 10.0. The van der Waals surface area contributed by atoms with Crippen LogP contribution in [-0.2, 0) is 20.9 Å². The van der Waals surface area contributed by atoms with Crippen LogP contribution in [-0.4, -0.2) is 63.2 Å². The fraction of sp³-hybridized carbons (Fsp3) is 0.444. The first-order chi connectivity index (χ1) is 18.3. The van der Waals surface area contributed by atoms with Gasteiger partial charge in [0.15, 0.2) is 0 Å². The predicted molar refractivity (Wildman–Crippen MR) is 138 cm³/mol. The van der Waals surface area contributed by atoms with Crippen molar-refractivity contribution in [3.63, 3.8) is 0 Å². The van der Waals surface area contributed by atoms with Crippen molar-refractivity contribution in [2.75, 3.05) is 26.3 Å². The molecule has 0 aliphatic heterocycles. The van der Waals surface area contributed by atoms with E-state index in [1.54, 1.807) is 0 Å². The molecule has 1 N–H and O–H groups in total. The first-order valence-electron chi connectivity index (χ1n) is 12.7. The summed E-state index contributed by atoms with van der Waals surface area (Å²) in [5.41, 5.74) is 1.03. The molecule has 9 nitrogen and oxygen atoms in total. The zero-order valence-corrected chi connectivity index (χ0v) is 21.9. The van der Waals surface area contributed by atoms with Gasteiger partial charge < -0.3 is 15.0 Å². The number of ether oxygens (including phenoxy) is 1. The molecule has 2 amide bonds. The summed E-state index contributed by atoms with van der Waals surface area (Å²) in [4.78, 5) is 29.6. The standard InChI is InChI=1S/C27H34F2N6O3/c1-4-38-17-5-16-34(24(36)18-35-32-26(31-33-35)21-8-12-23(29)13-9-21)25(20-6-10-22(28)11-7-20)27(37)30-15-14-19(2)3/h6-13,19,25H,4-5,14-18H2,1-3H3,(H,30,37)/t25-/m1/s1. The minimum absolute atomic E-state index is 0.220. The van der Waals surface area contributed by atoms with Gasteiger partial charge in [-0.3, -0.25) is 9.59 Å². The van der Waals surface area contributed by atoms with Crippen molar-refractivity contribution in [1.82, 2.24) is 30.4 Å². The number of hydrogen-bond donors (Lipinski definition) is 1. The molecule has 204 valence electrons. The Labute approximate surface area is 221 Å². The van der Waals surface area contributed by atoms with Crippen LogP contribution in [0.5, 0.6) is 0 Å². The Morgan fingerprint density at radius 1 is 1.05 bits per heavy atom. The van der Waals surface area contributed by atoms with Crippen molar-refractivity contribution in [2.45, 2.75) is 46.2 Å². The first kappa shape index (κ1) is 28.8. The lowest BCUT2D eigenvalue weighted by molar-refractivity contribution is -0.142. The second kappa shape index (κ2) is 14.3. The van der Waals surface area contributed by atoms with Crippen molar-refractivity contribution in [1.29, 1.82) is 0 Å². The molecule has 0 saturated carbocycles. The van der Waals surface area contributed by atoms with Crippen molar-refractivity contribution in [3.05, 3.63) is 65.7 Å². The van der Waals surface area contributed by atoms with E-state index in [9.17, 15) is 18.4 Å². The van der Waals surface area contributed by atoms with Crippen LogP contribution in [0.15, 0.2) is 48.5 Å². The molecule has 1 heterocycles. The van der Waals surface area contributed by atoms with E-state index in [4.69, 9.17) is 4.74 Å². The molecule has 0 spiro atoms. The monoisotopic (exact) mass is 528 g/mol. The molecule has 0 radical (unpaired) electrons. The summed E-state index contributed by atoms with van der Waals surface area (Å²) in [6, 6.07) is 10.2. The summed E-state index contributed by atoms with van der Waals surface area (Å²) in [5, 5.41) is 15.1. The van der Waals surface area contributed by atoms with E-state index in [-0.39, 0.29) is 24.8 Å². The van der Waals surface area contributed by atoms with E-state index in [0.717, 1.165) is 11.2 Å². The highest BCUT2D eigenvalue weighted by Crippen LogP contribution is 2.23. The van der Waals surface area contributed by atoms with E-state index in [1.165, 1.54) is 53.4 Å². The molecule has 2 aromatic carbocycles. The molecule has 0 fully saturated rings. The van der Waals surface area contributed by atoms with Crippen molar-refractivity contribution < 1.29 is 23.1 Å². The second-order valence-electron chi connectivity index (χ2n) is 9.22. The molecule has 3 aromatic rings. The summed E-state index contributed by atoms with van der Waals surface area (Å²) in [5.74, 6) is -0.988. The van der Waals surface area contributed by atoms with Crippen LogP contribution in [0.3, 0.4) is 0 Å². The Hall–Kier alpha value is -3.73. The zero-order valence-electron chi connectivity index (χ0n) is 21.9. The number of nitrogens with zero attached hydrogens (tertiary/aromatic N) is 5. The number of aromatic nitrogens is 4. The van der Waals surface area contributed by atoms with Crippen LogP contribution >= 0.6 is 0 Å². The fourth-order valence-electron chi connectivity index (χ4n) is 3.81. The van der Waals surface area contributed by atoms with Gasteiger partial charge in [-0.15, -0.1) is 10.2 Å². The van der Waals surface area contributed by atoms with Crippen molar-refractivity contribution in [2.24, 2.45) is 5.92 Å².